The van der Waals surface area contributed by atoms with Crippen molar-refractivity contribution in [2.45, 2.75) is 62.9 Å². The first-order chi connectivity index (χ1) is 13.8. The zero-order valence-electron chi connectivity index (χ0n) is 16.9. The molecule has 1 aromatic rings. The quantitative estimate of drug-likeness (QED) is 0.862. The van der Waals surface area contributed by atoms with Crippen molar-refractivity contribution in [3.05, 3.63) is 30.1 Å². The number of piperidine rings is 1. The van der Waals surface area contributed by atoms with Gasteiger partial charge in [-0.3, -0.25) is 9.88 Å². The van der Waals surface area contributed by atoms with Gasteiger partial charge in [0.25, 0.3) is 0 Å². The largest absolute Gasteiger partial charge is 0.379 e. The lowest BCUT2D eigenvalue weighted by atomic mass is 9.79. The number of aromatic nitrogens is 1. The molecule has 3 fully saturated rings. The number of urea groups is 1. The van der Waals surface area contributed by atoms with Crippen molar-refractivity contribution >= 4 is 6.03 Å². The molecule has 4 rings (SSSR count). The lowest BCUT2D eigenvalue weighted by Crippen LogP contribution is -2.60. The Morgan fingerprint density at radius 2 is 1.96 bits per heavy atom. The molecule has 6 nitrogen and oxygen atoms in total. The topological polar surface area (TPSA) is 57.7 Å². The summed E-state index contributed by atoms with van der Waals surface area (Å²) in [5.41, 5.74) is 1.26. The summed E-state index contributed by atoms with van der Waals surface area (Å²) in [6.07, 6.45) is 13.2. The molecule has 0 radical (unpaired) electrons. The Hall–Kier alpha value is -1.66. The highest BCUT2D eigenvalue weighted by molar-refractivity contribution is 5.75. The zero-order chi connectivity index (χ0) is 19.2. The van der Waals surface area contributed by atoms with Crippen molar-refractivity contribution in [3.8, 4) is 0 Å². The molecule has 6 heteroatoms. The van der Waals surface area contributed by atoms with Crippen LogP contribution in [0.4, 0.5) is 4.79 Å². The summed E-state index contributed by atoms with van der Waals surface area (Å²) in [5, 5.41) is 3.34. The van der Waals surface area contributed by atoms with Crippen LogP contribution in [0.15, 0.2) is 24.5 Å². The van der Waals surface area contributed by atoms with E-state index in [4.69, 9.17) is 4.74 Å². The number of morpholine rings is 1. The molecule has 1 aromatic heterocycles. The maximum atomic E-state index is 13.2. The van der Waals surface area contributed by atoms with Crippen LogP contribution in [0.2, 0.25) is 0 Å². The second-order valence-corrected chi connectivity index (χ2v) is 8.53. The molecule has 28 heavy (non-hydrogen) atoms. The second-order valence-electron chi connectivity index (χ2n) is 8.53. The molecule has 0 bridgehead atoms. The number of hydrogen-bond acceptors (Lipinski definition) is 4. The molecular formula is C22H34N4O2. The molecule has 1 aliphatic carbocycles. The van der Waals surface area contributed by atoms with Gasteiger partial charge in [0.15, 0.2) is 0 Å². The average molecular weight is 387 g/mol. The van der Waals surface area contributed by atoms with E-state index in [0.717, 1.165) is 57.8 Å². The molecule has 1 saturated carbocycles. The number of carbonyl (C=O) groups excluding carboxylic acids is 1. The van der Waals surface area contributed by atoms with Crippen LogP contribution in [-0.2, 0) is 4.74 Å². The van der Waals surface area contributed by atoms with E-state index in [0.29, 0.717) is 0 Å². The van der Waals surface area contributed by atoms with Gasteiger partial charge >= 0.3 is 6.03 Å². The first-order valence-corrected chi connectivity index (χ1v) is 11.1. The molecule has 0 spiro atoms. The molecule has 1 N–H and O–H groups in total. The minimum absolute atomic E-state index is 0.0896. The summed E-state index contributed by atoms with van der Waals surface area (Å²) >= 11 is 0. The molecule has 2 saturated heterocycles. The van der Waals surface area contributed by atoms with E-state index in [2.05, 4.69) is 21.3 Å². The van der Waals surface area contributed by atoms with Crippen molar-refractivity contribution in [1.82, 2.24) is 20.1 Å². The van der Waals surface area contributed by atoms with Crippen LogP contribution in [0.5, 0.6) is 0 Å². The first-order valence-electron chi connectivity index (χ1n) is 11.1. The molecule has 3 heterocycles. The van der Waals surface area contributed by atoms with E-state index in [1.807, 2.05) is 17.2 Å². The van der Waals surface area contributed by atoms with Crippen molar-refractivity contribution in [2.24, 2.45) is 0 Å². The molecule has 0 aromatic carbocycles. The Morgan fingerprint density at radius 3 is 2.71 bits per heavy atom. The normalized spacial score (nSPS) is 26.0. The van der Waals surface area contributed by atoms with E-state index in [1.54, 1.807) is 6.20 Å². The third-order valence-corrected chi connectivity index (χ3v) is 6.87. The Balaban J connectivity index is 1.43. The van der Waals surface area contributed by atoms with E-state index in [-0.39, 0.29) is 17.6 Å². The molecule has 1 unspecified atom stereocenters. The number of pyridine rings is 1. The lowest BCUT2D eigenvalue weighted by molar-refractivity contribution is -0.0362. The van der Waals surface area contributed by atoms with E-state index < -0.39 is 0 Å². The van der Waals surface area contributed by atoms with Gasteiger partial charge in [0, 0.05) is 44.1 Å². The van der Waals surface area contributed by atoms with Crippen LogP contribution in [0.25, 0.3) is 0 Å². The summed E-state index contributed by atoms with van der Waals surface area (Å²) in [6, 6.07) is 4.30. The molecule has 2 amide bonds. The Labute approximate surface area is 168 Å². The first kappa shape index (κ1) is 19.6. The van der Waals surface area contributed by atoms with Crippen molar-refractivity contribution in [2.75, 3.05) is 39.4 Å². The molecule has 154 valence electrons. The monoisotopic (exact) mass is 386 g/mol. The fourth-order valence-electron chi connectivity index (χ4n) is 5.29. The Bertz CT molecular complexity index is 627. The summed E-state index contributed by atoms with van der Waals surface area (Å²) in [4.78, 5) is 22.1. The number of rotatable bonds is 4. The van der Waals surface area contributed by atoms with Crippen LogP contribution < -0.4 is 5.32 Å². The predicted octanol–water partition coefficient (Wildman–Crippen LogP) is 3.35. The van der Waals surface area contributed by atoms with E-state index >= 15 is 0 Å². The highest BCUT2D eigenvalue weighted by atomic mass is 16.5. The maximum Gasteiger partial charge on any atom is 0.317 e. The molecular weight excluding hydrogens is 352 g/mol. The van der Waals surface area contributed by atoms with Crippen LogP contribution in [-0.4, -0.2) is 65.7 Å². The van der Waals surface area contributed by atoms with Gasteiger partial charge in [-0.15, -0.1) is 0 Å². The standard InChI is InChI=1S/C22H34N4O2/c27-21(26-12-5-2-8-20(26)19-7-6-11-23-17-19)24-18-22(9-3-1-4-10-22)25-13-15-28-16-14-25/h6-7,11,17,20H,1-5,8-10,12-16,18H2,(H,24,27). The van der Waals surface area contributed by atoms with Gasteiger partial charge in [-0.1, -0.05) is 25.3 Å². The highest BCUT2D eigenvalue weighted by Crippen LogP contribution is 2.35. The summed E-state index contributed by atoms with van der Waals surface area (Å²) in [6.45, 7) is 5.17. The van der Waals surface area contributed by atoms with Gasteiger partial charge in [0.1, 0.15) is 0 Å². The van der Waals surface area contributed by atoms with Gasteiger partial charge < -0.3 is 15.0 Å². The molecule has 3 aliphatic rings. The SMILES string of the molecule is O=C(NCC1(N2CCOCC2)CCCCC1)N1CCCCC1c1cccnc1. The zero-order valence-corrected chi connectivity index (χ0v) is 16.9. The van der Waals surface area contributed by atoms with Gasteiger partial charge in [-0.2, -0.15) is 0 Å². The third-order valence-electron chi connectivity index (χ3n) is 6.87. The summed E-state index contributed by atoms with van der Waals surface area (Å²) < 4.78 is 5.58. The fourth-order valence-corrected chi connectivity index (χ4v) is 5.29. The lowest BCUT2D eigenvalue weighted by Gasteiger charge is -2.48. The number of hydrogen-bond donors (Lipinski definition) is 1. The second kappa shape index (κ2) is 9.23. The summed E-state index contributed by atoms with van der Waals surface area (Å²) in [7, 11) is 0. The van der Waals surface area contributed by atoms with Crippen LogP contribution in [0, 0.1) is 0 Å². The van der Waals surface area contributed by atoms with Crippen molar-refractivity contribution in [1.29, 1.82) is 0 Å². The minimum atomic E-state index is 0.0896. The highest BCUT2D eigenvalue weighted by Gasteiger charge is 2.39. The number of likely N-dealkylation sites (tertiary alicyclic amines) is 1. The van der Waals surface area contributed by atoms with Gasteiger partial charge in [-0.25, -0.2) is 4.79 Å². The van der Waals surface area contributed by atoms with Crippen LogP contribution >= 0.6 is 0 Å². The number of nitrogens with zero attached hydrogens (tertiary/aromatic N) is 3. The Kier molecular flexibility index (Phi) is 6.47. The fraction of sp³-hybridized carbons (Fsp3) is 0.727. The van der Waals surface area contributed by atoms with Gasteiger partial charge in [0.05, 0.1) is 19.3 Å². The maximum absolute atomic E-state index is 13.2. The van der Waals surface area contributed by atoms with Gasteiger partial charge in [-0.05, 0) is 43.7 Å². The van der Waals surface area contributed by atoms with Gasteiger partial charge in [0.2, 0.25) is 0 Å². The minimum Gasteiger partial charge on any atom is -0.379 e. The van der Waals surface area contributed by atoms with E-state index in [1.165, 1.54) is 38.5 Å². The van der Waals surface area contributed by atoms with Crippen LogP contribution in [0.3, 0.4) is 0 Å². The summed E-state index contributed by atoms with van der Waals surface area (Å²) in [5.74, 6) is 0. The number of amides is 2. The number of nitrogens with one attached hydrogen (secondary N) is 1. The van der Waals surface area contributed by atoms with Crippen molar-refractivity contribution in [3.63, 3.8) is 0 Å². The molecule has 1 atom stereocenters. The third kappa shape index (κ3) is 4.33. The van der Waals surface area contributed by atoms with E-state index in [9.17, 15) is 4.79 Å². The van der Waals surface area contributed by atoms with Crippen LogP contribution in [0.1, 0.15) is 63.0 Å². The number of ether oxygens (including phenoxy) is 1. The van der Waals surface area contributed by atoms with Crippen molar-refractivity contribution < 1.29 is 9.53 Å². The predicted molar refractivity (Wildman–Crippen MR) is 109 cm³/mol. The Morgan fingerprint density at radius 1 is 1.14 bits per heavy atom. The average Bonchev–Trinajstić information content (AvgIpc) is 2.79. The molecule has 2 aliphatic heterocycles. The number of carbonyl (C=O) groups is 1. The smallest absolute Gasteiger partial charge is 0.317 e.